The molecule has 0 saturated carbocycles. The van der Waals surface area contributed by atoms with Crippen molar-refractivity contribution in [3.63, 3.8) is 0 Å². The number of halogens is 4. The molecule has 0 aliphatic heterocycles. The normalized spacial score (nSPS) is 11.6. The summed E-state index contributed by atoms with van der Waals surface area (Å²) in [6, 6.07) is 9.15. The highest BCUT2D eigenvalue weighted by Crippen LogP contribution is 2.31. The number of hydrogen-bond donors (Lipinski definition) is 1. The first-order valence-corrected chi connectivity index (χ1v) is 7.54. The highest BCUT2D eigenvalue weighted by molar-refractivity contribution is 6.32. The van der Waals surface area contributed by atoms with Crippen LogP contribution in [0.2, 0.25) is 5.02 Å². The summed E-state index contributed by atoms with van der Waals surface area (Å²) in [4.78, 5) is 22.3. The van der Waals surface area contributed by atoms with Gasteiger partial charge in [-0.2, -0.15) is 18.4 Å². The van der Waals surface area contributed by atoms with Crippen molar-refractivity contribution in [3.8, 4) is 6.07 Å². The fraction of sp³-hybridized carbons (Fsp3) is 0.0588. The highest BCUT2D eigenvalue weighted by Gasteiger charge is 2.30. The summed E-state index contributed by atoms with van der Waals surface area (Å²) < 4.78 is 38.1. The Kier molecular flexibility index (Phi) is 5.82. The molecule has 2 aromatic carbocycles. The maximum atomic E-state index is 12.7. The zero-order valence-corrected chi connectivity index (χ0v) is 14.0. The van der Waals surface area contributed by atoms with Crippen LogP contribution in [0.15, 0.2) is 48.0 Å². The van der Waals surface area contributed by atoms with E-state index in [1.807, 2.05) is 0 Å². The molecule has 0 fully saturated rings. The summed E-state index contributed by atoms with van der Waals surface area (Å²) in [5, 5.41) is 22.1. The number of carbonyl (C=O) groups excluding carboxylic acids is 1. The number of alkyl halides is 3. The Balaban J connectivity index is 2.29. The Morgan fingerprint density at radius 2 is 1.96 bits per heavy atom. The van der Waals surface area contributed by atoms with E-state index in [4.69, 9.17) is 16.9 Å². The second-order valence-corrected chi connectivity index (χ2v) is 5.58. The van der Waals surface area contributed by atoms with Gasteiger partial charge in [0.05, 0.1) is 10.5 Å². The number of nitrogens with one attached hydrogen (secondary N) is 1. The van der Waals surface area contributed by atoms with E-state index in [0.717, 1.165) is 30.3 Å². The van der Waals surface area contributed by atoms with Crippen molar-refractivity contribution in [3.05, 3.63) is 74.3 Å². The topological polar surface area (TPSA) is 96.0 Å². The smallest absolute Gasteiger partial charge is 0.321 e. The molecular formula is C17H9ClF3N3O3. The van der Waals surface area contributed by atoms with Crippen LogP contribution in [0.4, 0.5) is 24.5 Å². The van der Waals surface area contributed by atoms with Gasteiger partial charge in [-0.1, -0.05) is 23.7 Å². The minimum Gasteiger partial charge on any atom is -0.321 e. The SMILES string of the molecule is N#C/C(=C\c1ccc(Cl)c([N+](=O)[O-])c1)C(=O)Nc1cccc(C(F)(F)F)c1. The van der Waals surface area contributed by atoms with Crippen LogP contribution < -0.4 is 5.32 Å². The van der Waals surface area contributed by atoms with Gasteiger partial charge in [-0.05, 0) is 35.9 Å². The lowest BCUT2D eigenvalue weighted by Crippen LogP contribution is -2.14. The van der Waals surface area contributed by atoms with Gasteiger partial charge in [0.15, 0.2) is 0 Å². The first kappa shape index (κ1) is 19.9. The van der Waals surface area contributed by atoms with Gasteiger partial charge in [-0.25, -0.2) is 0 Å². The van der Waals surface area contributed by atoms with Crippen molar-refractivity contribution in [2.45, 2.75) is 6.18 Å². The van der Waals surface area contributed by atoms with Crippen LogP contribution in [0, 0.1) is 21.4 Å². The second-order valence-electron chi connectivity index (χ2n) is 5.17. The van der Waals surface area contributed by atoms with Crippen molar-refractivity contribution in [2.24, 2.45) is 0 Å². The third-order valence-electron chi connectivity index (χ3n) is 3.29. The Bertz CT molecular complexity index is 981. The third-order valence-corrected chi connectivity index (χ3v) is 3.61. The summed E-state index contributed by atoms with van der Waals surface area (Å²) in [6.45, 7) is 0. The summed E-state index contributed by atoms with van der Waals surface area (Å²) in [5.74, 6) is -0.963. The van der Waals surface area contributed by atoms with Crippen LogP contribution in [0.25, 0.3) is 6.08 Å². The zero-order valence-electron chi connectivity index (χ0n) is 13.2. The lowest BCUT2D eigenvalue weighted by Gasteiger charge is -2.09. The predicted octanol–water partition coefficient (Wildman–Crippen LogP) is 4.81. The number of anilines is 1. The molecule has 0 heterocycles. The Hall–Kier alpha value is -3.38. The number of nitrogens with zero attached hydrogens (tertiary/aromatic N) is 2. The van der Waals surface area contributed by atoms with E-state index in [0.29, 0.717) is 0 Å². The minimum absolute atomic E-state index is 0.121. The largest absolute Gasteiger partial charge is 0.416 e. The maximum absolute atomic E-state index is 12.7. The Morgan fingerprint density at radius 1 is 1.26 bits per heavy atom. The number of benzene rings is 2. The predicted molar refractivity (Wildman–Crippen MR) is 91.8 cm³/mol. The van der Waals surface area contributed by atoms with E-state index in [1.54, 1.807) is 6.07 Å². The molecule has 2 rings (SSSR count). The van der Waals surface area contributed by atoms with Crippen molar-refractivity contribution in [1.82, 2.24) is 0 Å². The number of nitro groups is 1. The number of nitriles is 1. The molecular weight excluding hydrogens is 387 g/mol. The maximum Gasteiger partial charge on any atom is 0.416 e. The van der Waals surface area contributed by atoms with Crippen molar-refractivity contribution >= 4 is 35.0 Å². The monoisotopic (exact) mass is 395 g/mol. The van der Waals surface area contributed by atoms with Gasteiger partial charge in [-0.3, -0.25) is 14.9 Å². The molecule has 2 aromatic rings. The van der Waals surface area contributed by atoms with Gasteiger partial charge in [-0.15, -0.1) is 0 Å². The van der Waals surface area contributed by atoms with E-state index in [-0.39, 0.29) is 16.3 Å². The molecule has 1 amide bonds. The van der Waals surface area contributed by atoms with Gasteiger partial charge < -0.3 is 5.32 Å². The lowest BCUT2D eigenvalue weighted by molar-refractivity contribution is -0.384. The van der Waals surface area contributed by atoms with E-state index in [2.05, 4.69) is 5.32 Å². The molecule has 0 spiro atoms. The molecule has 0 atom stereocenters. The molecule has 0 aliphatic carbocycles. The molecule has 0 unspecified atom stereocenters. The summed E-state index contributed by atoms with van der Waals surface area (Å²) in [5.41, 5.74) is -1.83. The van der Waals surface area contributed by atoms with Crippen LogP contribution in [-0.2, 0) is 11.0 Å². The van der Waals surface area contributed by atoms with Crippen molar-refractivity contribution in [1.29, 1.82) is 5.26 Å². The van der Waals surface area contributed by atoms with Crippen LogP contribution >= 0.6 is 11.6 Å². The Morgan fingerprint density at radius 3 is 2.56 bits per heavy atom. The first-order chi connectivity index (χ1) is 12.6. The molecule has 6 nitrogen and oxygen atoms in total. The molecule has 0 aromatic heterocycles. The average molecular weight is 396 g/mol. The van der Waals surface area contributed by atoms with Crippen LogP contribution in [0.5, 0.6) is 0 Å². The van der Waals surface area contributed by atoms with Gasteiger partial charge in [0.2, 0.25) is 0 Å². The van der Waals surface area contributed by atoms with Crippen molar-refractivity contribution in [2.75, 3.05) is 5.32 Å². The number of amides is 1. The molecule has 0 aliphatic rings. The van der Waals surface area contributed by atoms with Gasteiger partial charge in [0, 0.05) is 11.8 Å². The molecule has 138 valence electrons. The Labute approximate surface area is 155 Å². The summed E-state index contributed by atoms with van der Waals surface area (Å²) in [6.07, 6.45) is -3.52. The van der Waals surface area contributed by atoms with E-state index in [1.165, 1.54) is 18.2 Å². The fourth-order valence-electron chi connectivity index (χ4n) is 2.05. The molecule has 10 heteroatoms. The molecule has 1 N–H and O–H groups in total. The quantitative estimate of drug-likeness (QED) is 0.347. The van der Waals surface area contributed by atoms with Gasteiger partial charge >= 0.3 is 6.18 Å². The number of hydrogen-bond acceptors (Lipinski definition) is 4. The van der Waals surface area contributed by atoms with Gasteiger partial charge in [0.1, 0.15) is 16.7 Å². The van der Waals surface area contributed by atoms with E-state index >= 15 is 0 Å². The molecule has 0 bridgehead atoms. The van der Waals surface area contributed by atoms with Gasteiger partial charge in [0.25, 0.3) is 11.6 Å². The average Bonchev–Trinajstić information content (AvgIpc) is 2.60. The lowest BCUT2D eigenvalue weighted by atomic mass is 10.1. The number of nitro benzene ring substituents is 1. The minimum atomic E-state index is -4.59. The van der Waals surface area contributed by atoms with E-state index in [9.17, 15) is 28.1 Å². The standard InChI is InChI=1S/C17H9ClF3N3O3/c18-14-5-4-10(7-15(14)24(26)27)6-11(9-22)16(25)23-13-3-1-2-12(8-13)17(19,20)21/h1-8H,(H,23,25)/b11-6+. The zero-order chi connectivity index (χ0) is 20.2. The van der Waals surface area contributed by atoms with Crippen LogP contribution in [0.3, 0.4) is 0 Å². The molecule has 0 saturated heterocycles. The number of carbonyl (C=O) groups is 1. The summed E-state index contributed by atoms with van der Waals surface area (Å²) >= 11 is 5.68. The van der Waals surface area contributed by atoms with Crippen molar-refractivity contribution < 1.29 is 22.9 Å². The highest BCUT2D eigenvalue weighted by atomic mass is 35.5. The van der Waals surface area contributed by atoms with Crippen LogP contribution in [-0.4, -0.2) is 10.8 Å². The first-order valence-electron chi connectivity index (χ1n) is 7.16. The third kappa shape index (κ3) is 5.05. The molecule has 0 radical (unpaired) electrons. The van der Waals surface area contributed by atoms with E-state index < -0.39 is 33.8 Å². The second kappa shape index (κ2) is 7.88. The number of rotatable bonds is 4. The fourth-order valence-corrected chi connectivity index (χ4v) is 2.23. The van der Waals surface area contributed by atoms with Crippen LogP contribution in [0.1, 0.15) is 11.1 Å². The molecule has 27 heavy (non-hydrogen) atoms. The summed E-state index contributed by atoms with van der Waals surface area (Å²) in [7, 11) is 0.